The molecule has 1 heterocycles. The predicted octanol–water partition coefficient (Wildman–Crippen LogP) is 1.47. The average molecular weight is 343 g/mol. The molecule has 0 aliphatic carbocycles. The maximum atomic E-state index is 12.6. The largest absolute Gasteiger partial charge is 0.352 e. The summed E-state index contributed by atoms with van der Waals surface area (Å²) < 4.78 is 0. The Bertz CT molecular complexity index is 513. The molecule has 0 aromatic heterocycles. The second-order valence-electron chi connectivity index (χ2n) is 7.82. The summed E-state index contributed by atoms with van der Waals surface area (Å²) in [6.07, 6.45) is 0.700. The van der Waals surface area contributed by atoms with Crippen molar-refractivity contribution < 1.29 is 14.7 Å². The van der Waals surface area contributed by atoms with Crippen molar-refractivity contribution in [3.8, 4) is 0 Å². The lowest BCUT2D eigenvalue weighted by molar-refractivity contribution is -0.179. The summed E-state index contributed by atoms with van der Waals surface area (Å²) in [7, 11) is 0. The number of carbonyl (C=O) groups is 2. The summed E-state index contributed by atoms with van der Waals surface area (Å²) in [5, 5.41) is 14.2. The van der Waals surface area contributed by atoms with Crippen LogP contribution in [0.3, 0.4) is 0 Å². The normalized spacial score (nSPS) is 23.7. The highest BCUT2D eigenvalue weighted by Gasteiger charge is 2.55. The van der Waals surface area contributed by atoms with Gasteiger partial charge in [-0.05, 0) is 51.7 Å². The molecule has 1 unspecified atom stereocenters. The maximum Gasteiger partial charge on any atom is 0.302 e. The molecule has 1 saturated heterocycles. The van der Waals surface area contributed by atoms with Crippen LogP contribution in [-0.4, -0.2) is 56.2 Å². The number of hydrogen-bond donors (Lipinski definition) is 2. The molecule has 1 fully saturated rings. The Morgan fingerprint density at radius 1 is 1.13 bits per heavy atom. The van der Waals surface area contributed by atoms with Gasteiger partial charge in [0.1, 0.15) is 0 Å². The molecule has 1 rings (SSSR count). The van der Waals surface area contributed by atoms with Crippen LogP contribution in [0.2, 0.25) is 0 Å². The second kappa shape index (κ2) is 6.45. The van der Waals surface area contributed by atoms with E-state index in [1.54, 1.807) is 13.8 Å². The lowest BCUT2D eigenvalue weighted by Gasteiger charge is -2.49. The number of nitrogens with zero attached hydrogens (tertiary/aromatic N) is 2. The molecule has 1 amide bonds. The van der Waals surface area contributed by atoms with Gasteiger partial charge >= 0.3 is 5.91 Å². The Morgan fingerprint density at radius 2 is 1.65 bits per heavy atom. The van der Waals surface area contributed by atoms with Crippen molar-refractivity contribution in [3.63, 3.8) is 0 Å². The highest BCUT2D eigenvalue weighted by molar-refractivity contribution is 7.80. The highest BCUT2D eigenvalue weighted by Crippen LogP contribution is 2.30. The zero-order valence-corrected chi connectivity index (χ0v) is 16.0. The summed E-state index contributed by atoms with van der Waals surface area (Å²) in [4.78, 5) is 27.4. The van der Waals surface area contributed by atoms with Gasteiger partial charge in [0.05, 0.1) is 0 Å². The van der Waals surface area contributed by atoms with Gasteiger partial charge in [0.15, 0.2) is 5.11 Å². The Morgan fingerprint density at radius 3 is 2.04 bits per heavy atom. The minimum Gasteiger partial charge on any atom is -0.352 e. The molecule has 0 aromatic rings. The van der Waals surface area contributed by atoms with Gasteiger partial charge in [-0.1, -0.05) is 20.8 Å². The Balaban J connectivity index is 3.21. The van der Waals surface area contributed by atoms with Crippen molar-refractivity contribution in [1.29, 1.82) is 0 Å². The van der Waals surface area contributed by atoms with Gasteiger partial charge in [-0.2, -0.15) is 0 Å². The number of carbonyl (C=O) groups excluding carboxylic acids is 2. The summed E-state index contributed by atoms with van der Waals surface area (Å²) in [6, 6.07) is 0. The standard InChI is InChI=1S/C16H29N3O3S/c1-8-18-12(21)11(20)16(22,19(9-2)13(18)23)17-15(6,7)10-14(3,4)5/h17,22H,8-10H2,1-7H3. The van der Waals surface area contributed by atoms with Gasteiger partial charge in [0.25, 0.3) is 11.6 Å². The molecule has 132 valence electrons. The Kier molecular flexibility index (Phi) is 5.61. The van der Waals surface area contributed by atoms with Gasteiger partial charge in [0, 0.05) is 18.6 Å². The second-order valence-corrected chi connectivity index (χ2v) is 8.19. The quantitative estimate of drug-likeness (QED) is 0.447. The number of likely N-dealkylation sites (N-methyl/N-ethyl adjacent to an activating group) is 2. The number of thiocarbonyl (C=S) groups is 1. The molecule has 0 bridgehead atoms. The fraction of sp³-hybridized carbons (Fsp3) is 0.812. The highest BCUT2D eigenvalue weighted by atomic mass is 32.1. The van der Waals surface area contributed by atoms with Gasteiger partial charge in [-0.3, -0.25) is 19.8 Å². The van der Waals surface area contributed by atoms with E-state index in [0.29, 0.717) is 19.5 Å². The van der Waals surface area contributed by atoms with E-state index >= 15 is 0 Å². The third-order valence-electron chi connectivity index (χ3n) is 3.73. The van der Waals surface area contributed by atoms with Crippen molar-refractivity contribution in [3.05, 3.63) is 0 Å². The van der Waals surface area contributed by atoms with Crippen LogP contribution >= 0.6 is 12.2 Å². The van der Waals surface area contributed by atoms with Crippen LogP contribution in [0.15, 0.2) is 0 Å². The molecule has 1 aliphatic heterocycles. The third-order valence-corrected chi connectivity index (χ3v) is 4.17. The van der Waals surface area contributed by atoms with Gasteiger partial charge in [-0.15, -0.1) is 0 Å². The van der Waals surface area contributed by atoms with E-state index < -0.39 is 23.1 Å². The average Bonchev–Trinajstić information content (AvgIpc) is 2.34. The first kappa shape index (κ1) is 20.0. The van der Waals surface area contributed by atoms with Crippen LogP contribution in [0.5, 0.6) is 0 Å². The third kappa shape index (κ3) is 4.08. The van der Waals surface area contributed by atoms with Crippen LogP contribution in [0.25, 0.3) is 0 Å². The number of amides is 1. The number of nitrogens with one attached hydrogen (secondary N) is 1. The molecule has 0 aromatic carbocycles. The first-order chi connectivity index (χ1) is 10.3. The molecule has 7 heteroatoms. The van der Waals surface area contributed by atoms with Crippen LogP contribution in [-0.2, 0) is 9.59 Å². The van der Waals surface area contributed by atoms with Gasteiger partial charge in [0.2, 0.25) is 0 Å². The number of aliphatic hydroxyl groups is 1. The molecule has 1 atom stereocenters. The van der Waals surface area contributed by atoms with E-state index in [1.165, 1.54) is 9.80 Å². The first-order valence-corrected chi connectivity index (χ1v) is 8.39. The molecule has 2 N–H and O–H groups in total. The SMILES string of the molecule is CCN1C(=O)C(=O)C(O)(NC(C)(C)CC(C)(C)C)N(CC)C1=S. The minimum absolute atomic E-state index is 0.0123. The molecule has 0 radical (unpaired) electrons. The zero-order valence-electron chi connectivity index (χ0n) is 15.2. The summed E-state index contributed by atoms with van der Waals surface area (Å²) in [6.45, 7) is 14.2. The van der Waals surface area contributed by atoms with Crippen molar-refractivity contribution >= 4 is 29.0 Å². The number of rotatable bonds is 5. The molecule has 6 nitrogen and oxygen atoms in total. The molecule has 0 saturated carbocycles. The van der Waals surface area contributed by atoms with Crippen molar-refractivity contribution in [2.45, 2.75) is 66.3 Å². The minimum atomic E-state index is -2.11. The molecular weight excluding hydrogens is 314 g/mol. The number of ketones is 1. The number of hydrogen-bond acceptors (Lipinski definition) is 5. The van der Waals surface area contributed by atoms with E-state index in [0.717, 1.165) is 0 Å². The van der Waals surface area contributed by atoms with E-state index in [9.17, 15) is 14.7 Å². The van der Waals surface area contributed by atoms with E-state index in [2.05, 4.69) is 26.1 Å². The first-order valence-electron chi connectivity index (χ1n) is 7.98. The summed E-state index contributed by atoms with van der Waals surface area (Å²) in [5.74, 6) is -3.77. The van der Waals surface area contributed by atoms with Crippen molar-refractivity contribution in [2.24, 2.45) is 5.41 Å². The monoisotopic (exact) mass is 343 g/mol. The fourth-order valence-corrected chi connectivity index (χ4v) is 3.85. The van der Waals surface area contributed by atoms with E-state index in [-0.39, 0.29) is 10.5 Å². The molecule has 23 heavy (non-hydrogen) atoms. The Labute approximate surface area is 144 Å². The van der Waals surface area contributed by atoms with Crippen molar-refractivity contribution in [1.82, 2.24) is 15.1 Å². The van der Waals surface area contributed by atoms with E-state index in [1.807, 2.05) is 13.8 Å². The van der Waals surface area contributed by atoms with Crippen LogP contribution < -0.4 is 5.32 Å². The van der Waals surface area contributed by atoms with Gasteiger partial charge < -0.3 is 10.0 Å². The molecule has 0 spiro atoms. The molecule has 1 aliphatic rings. The van der Waals surface area contributed by atoms with Crippen molar-refractivity contribution in [2.75, 3.05) is 13.1 Å². The lowest BCUT2D eigenvalue weighted by atomic mass is 9.81. The van der Waals surface area contributed by atoms with Crippen LogP contribution in [0, 0.1) is 5.41 Å². The van der Waals surface area contributed by atoms with Crippen LogP contribution in [0.1, 0.15) is 54.9 Å². The van der Waals surface area contributed by atoms with E-state index in [4.69, 9.17) is 12.2 Å². The van der Waals surface area contributed by atoms with Crippen LogP contribution in [0.4, 0.5) is 0 Å². The zero-order chi connectivity index (χ0) is 18.2. The molecular formula is C16H29N3O3S. The summed E-state index contributed by atoms with van der Waals surface area (Å²) in [5.41, 5.74) is -0.581. The smallest absolute Gasteiger partial charge is 0.302 e. The topological polar surface area (TPSA) is 72.9 Å². The maximum absolute atomic E-state index is 12.6. The summed E-state index contributed by atoms with van der Waals surface area (Å²) >= 11 is 5.30. The Hall–Kier alpha value is -1.05. The lowest BCUT2D eigenvalue weighted by Crippen LogP contribution is -2.77. The van der Waals surface area contributed by atoms with Gasteiger partial charge in [-0.25, -0.2) is 0 Å². The fourth-order valence-electron chi connectivity index (χ4n) is 3.37. The predicted molar refractivity (Wildman–Crippen MR) is 93.6 cm³/mol. The number of Topliss-reactive ketones (excluding diaryl/α,β-unsaturated/α-hetero) is 1.